The third-order valence-electron chi connectivity index (χ3n) is 4.76. The van der Waals surface area contributed by atoms with Crippen LogP contribution in [0, 0.1) is 5.92 Å². The molecule has 1 aromatic rings. The Hall–Kier alpha value is -1.09. The number of hydrogen-bond acceptors (Lipinski definition) is 2. The maximum Gasteiger partial charge on any atom is 0.160 e. The summed E-state index contributed by atoms with van der Waals surface area (Å²) in [5, 5.41) is 3.57. The average molecular weight is 362 g/mol. The smallest absolute Gasteiger partial charge is 0.160 e. The lowest BCUT2D eigenvalue weighted by molar-refractivity contribution is -0.119. The van der Waals surface area contributed by atoms with Crippen LogP contribution in [0.1, 0.15) is 57.1 Å². The Morgan fingerprint density at radius 2 is 2.00 bits per heavy atom. The van der Waals surface area contributed by atoms with Gasteiger partial charge in [0.25, 0.3) is 0 Å². The summed E-state index contributed by atoms with van der Waals surface area (Å²) in [4.78, 5) is 12.6. The van der Waals surface area contributed by atoms with E-state index in [1.165, 1.54) is 24.8 Å². The fourth-order valence-corrected chi connectivity index (χ4v) is 4.03. The van der Waals surface area contributed by atoms with Crippen LogP contribution in [0.25, 0.3) is 5.70 Å². The lowest BCUT2D eigenvalue weighted by Crippen LogP contribution is -2.44. The van der Waals surface area contributed by atoms with Crippen LogP contribution in [0.15, 0.2) is 28.7 Å². The van der Waals surface area contributed by atoms with Crippen molar-refractivity contribution in [1.29, 1.82) is 0 Å². The predicted molar refractivity (Wildman–Crippen MR) is 94.6 cm³/mol. The molecule has 0 amide bonds. The molecular weight excluding hydrogens is 338 g/mol. The van der Waals surface area contributed by atoms with E-state index < -0.39 is 0 Å². The van der Waals surface area contributed by atoms with Gasteiger partial charge in [-0.15, -0.1) is 0 Å². The van der Waals surface area contributed by atoms with Crippen molar-refractivity contribution < 1.29 is 4.79 Å². The molecule has 3 heteroatoms. The molecule has 118 valence electrons. The fraction of sp³-hybridized carbons (Fsp3) is 0.526. The third kappa shape index (κ3) is 3.45. The van der Waals surface area contributed by atoms with Crippen LogP contribution >= 0.6 is 15.9 Å². The molecule has 1 saturated carbocycles. The van der Waals surface area contributed by atoms with Crippen LogP contribution in [-0.4, -0.2) is 11.3 Å². The van der Waals surface area contributed by atoms with E-state index in [1.807, 2.05) is 6.08 Å². The quantitative estimate of drug-likeness (QED) is 0.761. The van der Waals surface area contributed by atoms with Crippen molar-refractivity contribution in [2.75, 3.05) is 0 Å². The van der Waals surface area contributed by atoms with Gasteiger partial charge in [0.05, 0.1) is 0 Å². The van der Waals surface area contributed by atoms with E-state index in [-0.39, 0.29) is 11.5 Å². The molecule has 0 atom stereocenters. The van der Waals surface area contributed by atoms with E-state index in [9.17, 15) is 4.79 Å². The average Bonchev–Trinajstić information content (AvgIpc) is 2.48. The molecule has 1 N–H and O–H groups in total. The summed E-state index contributed by atoms with van der Waals surface area (Å²) in [5.74, 6) is 0.523. The van der Waals surface area contributed by atoms with Crippen LogP contribution < -0.4 is 5.32 Å². The fourth-order valence-electron chi connectivity index (χ4n) is 3.67. The highest BCUT2D eigenvalue weighted by Crippen LogP contribution is 2.33. The van der Waals surface area contributed by atoms with Gasteiger partial charge in [-0.3, -0.25) is 4.79 Å². The third-order valence-corrected chi connectivity index (χ3v) is 5.25. The minimum atomic E-state index is -0.0144. The van der Waals surface area contributed by atoms with E-state index in [0.717, 1.165) is 35.0 Å². The van der Waals surface area contributed by atoms with Crippen molar-refractivity contribution >= 4 is 27.4 Å². The monoisotopic (exact) mass is 361 g/mol. The Labute approximate surface area is 141 Å². The molecule has 22 heavy (non-hydrogen) atoms. The molecule has 0 spiro atoms. The number of carbonyl (C=O) groups excluding carboxylic acids is 1. The first-order valence-corrected chi connectivity index (χ1v) is 9.06. The van der Waals surface area contributed by atoms with Crippen LogP contribution in [0.4, 0.5) is 0 Å². The summed E-state index contributed by atoms with van der Waals surface area (Å²) in [6, 6.07) is 6.37. The highest BCUT2D eigenvalue weighted by molar-refractivity contribution is 9.10. The van der Waals surface area contributed by atoms with Crippen LogP contribution in [0.5, 0.6) is 0 Å². The zero-order valence-corrected chi connectivity index (χ0v) is 15.0. The van der Waals surface area contributed by atoms with Crippen LogP contribution in [-0.2, 0) is 11.2 Å². The van der Waals surface area contributed by atoms with Gasteiger partial charge in [-0.2, -0.15) is 0 Å². The van der Waals surface area contributed by atoms with Crippen molar-refractivity contribution in [2.24, 2.45) is 5.92 Å². The normalized spacial score (nSPS) is 23.0. The molecule has 0 saturated heterocycles. The number of nitrogens with one attached hydrogen (secondary N) is 1. The van der Waals surface area contributed by atoms with E-state index in [2.05, 4.69) is 53.3 Å². The van der Waals surface area contributed by atoms with Gasteiger partial charge >= 0.3 is 0 Å². The number of hydrogen-bond donors (Lipinski definition) is 1. The summed E-state index contributed by atoms with van der Waals surface area (Å²) < 4.78 is 1.06. The molecule has 3 rings (SSSR count). The molecule has 0 radical (unpaired) electrons. The van der Waals surface area contributed by atoms with E-state index in [0.29, 0.717) is 5.78 Å². The second-order valence-corrected chi connectivity index (χ2v) is 8.20. The molecule has 2 aliphatic rings. The van der Waals surface area contributed by atoms with Crippen molar-refractivity contribution in [1.82, 2.24) is 5.32 Å². The van der Waals surface area contributed by atoms with Crippen LogP contribution in [0.2, 0.25) is 0 Å². The van der Waals surface area contributed by atoms with Gasteiger partial charge in [0.1, 0.15) is 0 Å². The van der Waals surface area contributed by atoms with Crippen molar-refractivity contribution in [3.05, 3.63) is 39.9 Å². The van der Waals surface area contributed by atoms with Crippen molar-refractivity contribution in [3.8, 4) is 0 Å². The highest BCUT2D eigenvalue weighted by Gasteiger charge is 2.29. The Morgan fingerprint density at radius 1 is 1.27 bits per heavy atom. The minimum absolute atomic E-state index is 0.0144. The number of ketones is 1. The van der Waals surface area contributed by atoms with Gasteiger partial charge in [-0.1, -0.05) is 41.3 Å². The molecule has 1 aliphatic heterocycles. The minimum Gasteiger partial charge on any atom is -0.379 e. The Morgan fingerprint density at radius 3 is 2.73 bits per heavy atom. The van der Waals surface area contributed by atoms with Gasteiger partial charge in [0.15, 0.2) is 5.78 Å². The Kier molecular flexibility index (Phi) is 4.44. The SMILES string of the molecule is CC1(C)Cc2ccc(Br)cc2/C(=C/C(=O)C2CCCCC2)N1. The van der Waals surface area contributed by atoms with Gasteiger partial charge in [-0.25, -0.2) is 0 Å². The number of fused-ring (bicyclic) bond motifs is 1. The summed E-state index contributed by atoms with van der Waals surface area (Å²) in [6.45, 7) is 4.38. The number of benzene rings is 1. The zero-order valence-electron chi connectivity index (χ0n) is 13.4. The molecule has 0 unspecified atom stereocenters. The van der Waals surface area contributed by atoms with Gasteiger partial charge in [-0.05, 0) is 50.8 Å². The summed E-state index contributed by atoms with van der Waals surface area (Å²) in [5.41, 5.74) is 3.45. The molecule has 1 aromatic carbocycles. The molecule has 0 aromatic heterocycles. The maximum absolute atomic E-state index is 12.6. The van der Waals surface area contributed by atoms with Gasteiger partial charge in [0.2, 0.25) is 0 Å². The topological polar surface area (TPSA) is 29.1 Å². The summed E-state index contributed by atoms with van der Waals surface area (Å²) in [6.07, 6.45) is 8.62. The van der Waals surface area contributed by atoms with Gasteiger partial charge in [0, 0.05) is 33.3 Å². The lowest BCUT2D eigenvalue weighted by atomic mass is 9.83. The number of halogens is 1. The Bertz CT molecular complexity index is 612. The lowest BCUT2D eigenvalue weighted by Gasteiger charge is -2.36. The molecule has 1 heterocycles. The van der Waals surface area contributed by atoms with E-state index in [4.69, 9.17) is 0 Å². The first kappa shape index (κ1) is 15.8. The van der Waals surface area contributed by atoms with E-state index >= 15 is 0 Å². The van der Waals surface area contributed by atoms with Crippen molar-refractivity contribution in [2.45, 2.75) is 57.9 Å². The standard InChI is InChI=1S/C19H24BrNO/c1-19(2)12-14-8-9-15(20)10-16(14)17(21-19)11-18(22)13-6-4-3-5-7-13/h8-11,13,21H,3-7,12H2,1-2H3/b17-11-. The van der Waals surface area contributed by atoms with Crippen LogP contribution in [0.3, 0.4) is 0 Å². The first-order chi connectivity index (χ1) is 10.4. The second-order valence-electron chi connectivity index (χ2n) is 7.28. The molecule has 2 nitrogen and oxygen atoms in total. The molecular formula is C19H24BrNO. The zero-order chi connectivity index (χ0) is 15.7. The van der Waals surface area contributed by atoms with Gasteiger partial charge < -0.3 is 5.32 Å². The molecule has 1 fully saturated rings. The maximum atomic E-state index is 12.6. The first-order valence-electron chi connectivity index (χ1n) is 8.27. The second kappa shape index (κ2) is 6.19. The largest absolute Gasteiger partial charge is 0.379 e. The molecule has 0 bridgehead atoms. The molecule has 1 aliphatic carbocycles. The number of rotatable bonds is 2. The van der Waals surface area contributed by atoms with E-state index in [1.54, 1.807) is 0 Å². The number of carbonyl (C=O) groups is 1. The predicted octanol–water partition coefficient (Wildman–Crippen LogP) is 4.86. The summed E-state index contributed by atoms with van der Waals surface area (Å²) in [7, 11) is 0. The van der Waals surface area contributed by atoms with Crippen molar-refractivity contribution in [3.63, 3.8) is 0 Å². The number of allylic oxidation sites excluding steroid dienone is 1. The summed E-state index contributed by atoms with van der Waals surface area (Å²) >= 11 is 3.55. The Balaban J connectivity index is 1.93. The highest BCUT2D eigenvalue weighted by atomic mass is 79.9.